The van der Waals surface area contributed by atoms with Crippen LogP contribution in [0.4, 0.5) is 0 Å². The number of aryl methyl sites for hydroxylation is 3. The highest BCUT2D eigenvalue weighted by molar-refractivity contribution is 5.79. The second kappa shape index (κ2) is 5.50. The second-order valence-corrected chi connectivity index (χ2v) is 5.99. The van der Waals surface area contributed by atoms with Crippen LogP contribution in [0, 0.1) is 6.92 Å². The summed E-state index contributed by atoms with van der Waals surface area (Å²) in [6.07, 6.45) is 5.82. The van der Waals surface area contributed by atoms with Crippen molar-refractivity contribution in [3.63, 3.8) is 0 Å². The van der Waals surface area contributed by atoms with Crippen LogP contribution in [0.25, 0.3) is 11.0 Å². The molecule has 0 saturated carbocycles. The third kappa shape index (κ3) is 2.54. The quantitative estimate of drug-likeness (QED) is 0.866. The van der Waals surface area contributed by atoms with Crippen LogP contribution in [0.15, 0.2) is 6.20 Å². The van der Waals surface area contributed by atoms with E-state index in [2.05, 4.69) is 17.1 Å². The van der Waals surface area contributed by atoms with Crippen LogP contribution in [-0.2, 0) is 18.4 Å². The van der Waals surface area contributed by atoms with Gasteiger partial charge in [0, 0.05) is 26.1 Å². The van der Waals surface area contributed by atoms with Gasteiger partial charge in [-0.1, -0.05) is 0 Å². The topological polar surface area (TPSA) is 56.0 Å². The number of aromatic nitrogens is 4. The van der Waals surface area contributed by atoms with Crippen molar-refractivity contribution < 1.29 is 4.79 Å². The highest BCUT2D eigenvalue weighted by atomic mass is 16.2. The Morgan fingerprint density at radius 2 is 2.24 bits per heavy atom. The Morgan fingerprint density at radius 3 is 3.00 bits per heavy atom. The van der Waals surface area contributed by atoms with E-state index in [1.54, 1.807) is 0 Å². The highest BCUT2D eigenvalue weighted by Crippen LogP contribution is 2.19. The van der Waals surface area contributed by atoms with Crippen LogP contribution in [0.3, 0.4) is 0 Å². The van der Waals surface area contributed by atoms with Crippen LogP contribution < -0.4 is 0 Å². The van der Waals surface area contributed by atoms with E-state index < -0.39 is 0 Å². The Kier molecular flexibility index (Phi) is 3.69. The van der Waals surface area contributed by atoms with Crippen molar-refractivity contribution in [2.75, 3.05) is 6.54 Å². The highest BCUT2D eigenvalue weighted by Gasteiger charge is 2.23. The molecule has 1 fully saturated rings. The van der Waals surface area contributed by atoms with Crippen LogP contribution in [0.2, 0.25) is 0 Å². The minimum Gasteiger partial charge on any atom is -0.340 e. The summed E-state index contributed by atoms with van der Waals surface area (Å²) in [5, 5.41) is 8.80. The standard InChI is InChI=1S/C15H23N5O/c1-11-6-4-5-8-19(11)14(21)7-9-20-15-12(2)17-18(3)13(15)10-16-20/h10-11H,4-9H2,1-3H3. The zero-order valence-corrected chi connectivity index (χ0v) is 13.0. The minimum atomic E-state index is 0.243. The molecule has 6 heteroatoms. The molecule has 6 nitrogen and oxygen atoms in total. The monoisotopic (exact) mass is 289 g/mol. The van der Waals surface area contributed by atoms with Crippen LogP contribution >= 0.6 is 0 Å². The molecule has 0 radical (unpaired) electrons. The molecule has 1 atom stereocenters. The third-order valence-corrected chi connectivity index (χ3v) is 4.47. The number of carbonyl (C=O) groups is 1. The van der Waals surface area contributed by atoms with E-state index in [0.717, 1.165) is 36.1 Å². The lowest BCUT2D eigenvalue weighted by Crippen LogP contribution is -2.42. The van der Waals surface area contributed by atoms with Gasteiger partial charge >= 0.3 is 0 Å². The van der Waals surface area contributed by atoms with Crippen molar-refractivity contribution in [3.05, 3.63) is 11.9 Å². The van der Waals surface area contributed by atoms with E-state index in [0.29, 0.717) is 19.0 Å². The molecule has 1 aliphatic rings. The maximum Gasteiger partial charge on any atom is 0.224 e. The summed E-state index contributed by atoms with van der Waals surface area (Å²) in [6, 6.07) is 0.379. The molecule has 0 N–H and O–H groups in total. The lowest BCUT2D eigenvalue weighted by Gasteiger charge is -2.33. The fraction of sp³-hybridized carbons (Fsp3) is 0.667. The first kappa shape index (κ1) is 14.1. The SMILES string of the molecule is Cc1nn(C)c2cnn(CCC(=O)N3CCCCC3C)c12. The summed E-state index contributed by atoms with van der Waals surface area (Å²) < 4.78 is 3.74. The van der Waals surface area contributed by atoms with Gasteiger partial charge in [-0.05, 0) is 33.1 Å². The van der Waals surface area contributed by atoms with E-state index in [1.165, 1.54) is 6.42 Å². The summed E-state index contributed by atoms with van der Waals surface area (Å²) in [5.74, 6) is 0.243. The molecule has 2 aromatic rings. The number of rotatable bonds is 3. The second-order valence-electron chi connectivity index (χ2n) is 5.99. The average molecular weight is 289 g/mol. The maximum absolute atomic E-state index is 12.4. The predicted molar refractivity (Wildman–Crippen MR) is 80.9 cm³/mol. The van der Waals surface area contributed by atoms with E-state index in [-0.39, 0.29) is 5.91 Å². The number of fused-ring (bicyclic) bond motifs is 1. The summed E-state index contributed by atoms with van der Waals surface area (Å²) >= 11 is 0. The van der Waals surface area contributed by atoms with Gasteiger partial charge in [0.1, 0.15) is 11.0 Å². The number of carbonyl (C=O) groups excluding carboxylic acids is 1. The van der Waals surface area contributed by atoms with Crippen molar-refractivity contribution in [2.45, 2.75) is 52.1 Å². The molecule has 1 saturated heterocycles. The average Bonchev–Trinajstić information content (AvgIpc) is 3.00. The van der Waals surface area contributed by atoms with Crippen LogP contribution in [-0.4, -0.2) is 43.0 Å². The number of likely N-dealkylation sites (tertiary alicyclic amines) is 1. The van der Waals surface area contributed by atoms with E-state index >= 15 is 0 Å². The Labute approximate surface area is 124 Å². The number of piperidine rings is 1. The summed E-state index contributed by atoms with van der Waals surface area (Å²) in [7, 11) is 1.92. The maximum atomic E-state index is 12.4. The molecule has 2 aromatic heterocycles. The molecule has 0 aromatic carbocycles. The van der Waals surface area contributed by atoms with Crippen LogP contribution in [0.1, 0.15) is 38.3 Å². The molecule has 3 heterocycles. The van der Waals surface area contributed by atoms with E-state index in [9.17, 15) is 4.79 Å². The lowest BCUT2D eigenvalue weighted by atomic mass is 10.0. The molecule has 114 valence electrons. The Hall–Kier alpha value is -1.85. The molecule has 1 unspecified atom stereocenters. The molecular weight excluding hydrogens is 266 g/mol. The predicted octanol–water partition coefficient (Wildman–Crippen LogP) is 1.87. The smallest absolute Gasteiger partial charge is 0.224 e. The van der Waals surface area contributed by atoms with Gasteiger partial charge in [0.15, 0.2) is 0 Å². The van der Waals surface area contributed by atoms with Crippen LogP contribution in [0.5, 0.6) is 0 Å². The van der Waals surface area contributed by atoms with Gasteiger partial charge in [0.25, 0.3) is 0 Å². The Bertz CT molecular complexity index is 656. The van der Waals surface area contributed by atoms with Gasteiger partial charge in [-0.15, -0.1) is 0 Å². The molecule has 21 heavy (non-hydrogen) atoms. The number of nitrogens with zero attached hydrogens (tertiary/aromatic N) is 5. The molecule has 0 spiro atoms. The van der Waals surface area contributed by atoms with Gasteiger partial charge in [-0.2, -0.15) is 10.2 Å². The molecule has 1 aliphatic heterocycles. The van der Waals surface area contributed by atoms with E-state index in [4.69, 9.17) is 0 Å². The number of hydrogen-bond donors (Lipinski definition) is 0. The molecule has 1 amide bonds. The van der Waals surface area contributed by atoms with Gasteiger partial charge < -0.3 is 4.90 Å². The number of amides is 1. The molecule has 3 rings (SSSR count). The van der Waals surface area contributed by atoms with Crippen molar-refractivity contribution in [1.82, 2.24) is 24.5 Å². The zero-order valence-electron chi connectivity index (χ0n) is 13.0. The third-order valence-electron chi connectivity index (χ3n) is 4.47. The zero-order chi connectivity index (χ0) is 15.0. The normalized spacial score (nSPS) is 19.4. The van der Waals surface area contributed by atoms with Gasteiger partial charge in [-0.3, -0.25) is 14.2 Å². The molecule has 0 aliphatic carbocycles. The van der Waals surface area contributed by atoms with Crippen molar-refractivity contribution in [2.24, 2.45) is 7.05 Å². The fourth-order valence-electron chi connectivity index (χ4n) is 3.29. The molecular formula is C15H23N5O. The number of hydrogen-bond acceptors (Lipinski definition) is 3. The summed E-state index contributed by atoms with van der Waals surface area (Å²) in [5.41, 5.74) is 3.02. The van der Waals surface area contributed by atoms with Crippen molar-refractivity contribution in [3.8, 4) is 0 Å². The van der Waals surface area contributed by atoms with Crippen molar-refractivity contribution >= 4 is 16.9 Å². The summed E-state index contributed by atoms with van der Waals surface area (Å²) in [6.45, 7) is 5.65. The van der Waals surface area contributed by atoms with E-state index in [1.807, 2.05) is 34.4 Å². The first-order valence-corrected chi connectivity index (χ1v) is 7.72. The Balaban J connectivity index is 1.70. The first-order chi connectivity index (χ1) is 10.1. The minimum absolute atomic E-state index is 0.243. The van der Waals surface area contributed by atoms with Crippen molar-refractivity contribution in [1.29, 1.82) is 0 Å². The first-order valence-electron chi connectivity index (χ1n) is 7.72. The van der Waals surface area contributed by atoms with Gasteiger partial charge in [-0.25, -0.2) is 0 Å². The fourth-order valence-corrected chi connectivity index (χ4v) is 3.29. The van der Waals surface area contributed by atoms with Gasteiger partial charge in [0.05, 0.1) is 18.4 Å². The summed E-state index contributed by atoms with van der Waals surface area (Å²) in [4.78, 5) is 14.4. The lowest BCUT2D eigenvalue weighted by molar-refractivity contribution is -0.134. The van der Waals surface area contributed by atoms with Gasteiger partial charge in [0.2, 0.25) is 5.91 Å². The largest absolute Gasteiger partial charge is 0.340 e. The molecule has 0 bridgehead atoms. The Morgan fingerprint density at radius 1 is 1.43 bits per heavy atom.